The molecule has 4 nitrogen and oxygen atoms in total. The summed E-state index contributed by atoms with van der Waals surface area (Å²) in [5.74, 6) is 0.613. The van der Waals surface area contributed by atoms with Crippen LogP contribution in [0.3, 0.4) is 0 Å². The van der Waals surface area contributed by atoms with E-state index in [0.717, 1.165) is 11.1 Å². The maximum absolute atomic E-state index is 5.04. The summed E-state index contributed by atoms with van der Waals surface area (Å²) in [5.41, 5.74) is 2.12. The second kappa shape index (κ2) is 5.57. The molecule has 1 aromatic carbocycles. The first kappa shape index (κ1) is 12.4. The van der Waals surface area contributed by atoms with Gasteiger partial charge in [0.2, 0.25) is 5.88 Å². The molecular formula is C16H15N3O. The molecule has 0 aliphatic carbocycles. The molecular weight excluding hydrogens is 250 g/mol. The van der Waals surface area contributed by atoms with Crippen molar-refractivity contribution in [3.8, 4) is 5.88 Å². The predicted molar refractivity (Wildman–Crippen MR) is 79.9 cm³/mol. The second-order valence-corrected chi connectivity index (χ2v) is 4.46. The lowest BCUT2D eigenvalue weighted by atomic mass is 10.1. The molecule has 0 saturated carbocycles. The SMILES string of the molecule is COc1ccc(NCc2cncc3ccccc23)cn1. The Balaban J connectivity index is 1.79. The zero-order chi connectivity index (χ0) is 13.8. The summed E-state index contributed by atoms with van der Waals surface area (Å²) in [6, 6.07) is 12.0. The highest BCUT2D eigenvalue weighted by atomic mass is 16.5. The fourth-order valence-electron chi connectivity index (χ4n) is 2.12. The molecule has 0 bridgehead atoms. The van der Waals surface area contributed by atoms with Gasteiger partial charge < -0.3 is 10.1 Å². The normalized spacial score (nSPS) is 10.4. The van der Waals surface area contributed by atoms with Gasteiger partial charge in [-0.05, 0) is 17.0 Å². The van der Waals surface area contributed by atoms with E-state index in [2.05, 4.69) is 27.4 Å². The molecule has 0 amide bonds. The number of hydrogen-bond donors (Lipinski definition) is 1. The maximum atomic E-state index is 5.04. The van der Waals surface area contributed by atoms with Crippen molar-refractivity contribution in [3.63, 3.8) is 0 Å². The van der Waals surface area contributed by atoms with Crippen molar-refractivity contribution in [1.29, 1.82) is 0 Å². The molecule has 3 rings (SSSR count). The number of rotatable bonds is 4. The average molecular weight is 265 g/mol. The number of fused-ring (bicyclic) bond motifs is 1. The predicted octanol–water partition coefficient (Wildman–Crippen LogP) is 3.25. The van der Waals surface area contributed by atoms with Crippen LogP contribution < -0.4 is 10.1 Å². The standard InChI is InChI=1S/C16H15N3O/c1-20-16-7-6-14(11-19-16)18-10-13-9-17-8-12-4-2-3-5-15(12)13/h2-9,11,18H,10H2,1H3. The molecule has 100 valence electrons. The van der Waals surface area contributed by atoms with E-state index in [1.165, 1.54) is 10.9 Å². The average Bonchev–Trinajstić information content (AvgIpc) is 2.53. The molecule has 0 aliphatic rings. The molecule has 0 aliphatic heterocycles. The molecule has 0 fully saturated rings. The molecule has 0 saturated heterocycles. The van der Waals surface area contributed by atoms with Crippen LogP contribution >= 0.6 is 0 Å². The summed E-state index contributed by atoms with van der Waals surface area (Å²) >= 11 is 0. The van der Waals surface area contributed by atoms with E-state index < -0.39 is 0 Å². The van der Waals surface area contributed by atoms with E-state index >= 15 is 0 Å². The third-order valence-corrected chi connectivity index (χ3v) is 3.18. The number of ether oxygens (including phenoxy) is 1. The van der Waals surface area contributed by atoms with E-state index in [-0.39, 0.29) is 0 Å². The number of pyridine rings is 2. The molecule has 0 atom stereocenters. The van der Waals surface area contributed by atoms with Gasteiger partial charge in [-0.3, -0.25) is 4.98 Å². The van der Waals surface area contributed by atoms with Crippen molar-refractivity contribution in [1.82, 2.24) is 9.97 Å². The third-order valence-electron chi connectivity index (χ3n) is 3.18. The summed E-state index contributed by atoms with van der Waals surface area (Å²) in [4.78, 5) is 8.45. The summed E-state index contributed by atoms with van der Waals surface area (Å²) in [6.45, 7) is 0.711. The van der Waals surface area contributed by atoms with Gasteiger partial charge in [-0.15, -0.1) is 0 Å². The van der Waals surface area contributed by atoms with Crippen molar-refractivity contribution in [2.75, 3.05) is 12.4 Å². The largest absolute Gasteiger partial charge is 0.481 e. The fourth-order valence-corrected chi connectivity index (χ4v) is 2.12. The molecule has 3 aromatic rings. The molecule has 1 N–H and O–H groups in total. The molecule has 4 heteroatoms. The van der Waals surface area contributed by atoms with Crippen LogP contribution in [0.4, 0.5) is 5.69 Å². The third kappa shape index (κ3) is 2.54. The van der Waals surface area contributed by atoms with Crippen molar-refractivity contribution < 1.29 is 4.74 Å². The Labute approximate surface area is 117 Å². The number of methoxy groups -OCH3 is 1. The van der Waals surface area contributed by atoms with Crippen molar-refractivity contribution >= 4 is 16.5 Å². The van der Waals surface area contributed by atoms with Gasteiger partial charge in [0.1, 0.15) is 0 Å². The van der Waals surface area contributed by atoms with Crippen LogP contribution in [0.2, 0.25) is 0 Å². The van der Waals surface area contributed by atoms with Gasteiger partial charge in [0.05, 0.1) is 19.0 Å². The van der Waals surface area contributed by atoms with E-state index in [1.54, 1.807) is 13.3 Å². The van der Waals surface area contributed by atoms with Crippen LogP contribution in [0.5, 0.6) is 5.88 Å². The number of nitrogens with one attached hydrogen (secondary N) is 1. The number of benzene rings is 1. The summed E-state index contributed by atoms with van der Waals surface area (Å²) in [7, 11) is 1.61. The lowest BCUT2D eigenvalue weighted by molar-refractivity contribution is 0.398. The molecule has 0 unspecified atom stereocenters. The van der Waals surface area contributed by atoms with Crippen LogP contribution in [0.25, 0.3) is 10.8 Å². The minimum Gasteiger partial charge on any atom is -0.481 e. The zero-order valence-corrected chi connectivity index (χ0v) is 11.2. The Kier molecular flexibility index (Phi) is 3.46. The number of nitrogens with zero attached hydrogens (tertiary/aromatic N) is 2. The van der Waals surface area contributed by atoms with E-state index in [1.807, 2.05) is 36.7 Å². The Morgan fingerprint density at radius 1 is 1.05 bits per heavy atom. The van der Waals surface area contributed by atoms with Gasteiger partial charge in [0.15, 0.2) is 0 Å². The second-order valence-electron chi connectivity index (χ2n) is 4.46. The van der Waals surface area contributed by atoms with Gasteiger partial charge >= 0.3 is 0 Å². The minimum absolute atomic E-state index is 0.613. The van der Waals surface area contributed by atoms with E-state index in [9.17, 15) is 0 Å². The summed E-state index contributed by atoms with van der Waals surface area (Å²) < 4.78 is 5.04. The number of aromatic nitrogens is 2. The highest BCUT2D eigenvalue weighted by Gasteiger charge is 2.01. The molecule has 2 aromatic heterocycles. The van der Waals surface area contributed by atoms with Crippen LogP contribution in [0.1, 0.15) is 5.56 Å². The van der Waals surface area contributed by atoms with Crippen molar-refractivity contribution in [2.24, 2.45) is 0 Å². The fraction of sp³-hybridized carbons (Fsp3) is 0.125. The lowest BCUT2D eigenvalue weighted by Crippen LogP contribution is -2.01. The van der Waals surface area contributed by atoms with E-state index in [0.29, 0.717) is 12.4 Å². The number of anilines is 1. The van der Waals surface area contributed by atoms with Crippen molar-refractivity contribution in [2.45, 2.75) is 6.54 Å². The Hall–Kier alpha value is -2.62. The highest BCUT2D eigenvalue weighted by Crippen LogP contribution is 2.18. The Bertz CT molecular complexity index is 705. The Morgan fingerprint density at radius 3 is 2.75 bits per heavy atom. The first-order valence-electron chi connectivity index (χ1n) is 6.42. The van der Waals surface area contributed by atoms with Gasteiger partial charge in [-0.2, -0.15) is 0 Å². The van der Waals surface area contributed by atoms with Crippen molar-refractivity contribution in [3.05, 3.63) is 60.6 Å². The Morgan fingerprint density at radius 2 is 1.95 bits per heavy atom. The maximum Gasteiger partial charge on any atom is 0.213 e. The minimum atomic E-state index is 0.613. The highest BCUT2D eigenvalue weighted by molar-refractivity contribution is 5.84. The number of hydrogen-bond acceptors (Lipinski definition) is 4. The first-order chi connectivity index (χ1) is 9.86. The van der Waals surface area contributed by atoms with Gasteiger partial charge in [0, 0.05) is 30.4 Å². The summed E-state index contributed by atoms with van der Waals surface area (Å²) in [5, 5.41) is 5.72. The van der Waals surface area contributed by atoms with Gasteiger partial charge in [-0.1, -0.05) is 24.3 Å². The first-order valence-corrected chi connectivity index (χ1v) is 6.42. The monoisotopic (exact) mass is 265 g/mol. The molecule has 20 heavy (non-hydrogen) atoms. The van der Waals surface area contributed by atoms with Crippen LogP contribution in [-0.4, -0.2) is 17.1 Å². The summed E-state index contributed by atoms with van der Waals surface area (Å²) in [6.07, 6.45) is 5.54. The quantitative estimate of drug-likeness (QED) is 0.786. The van der Waals surface area contributed by atoms with Crippen LogP contribution in [0.15, 0.2) is 55.0 Å². The lowest BCUT2D eigenvalue weighted by Gasteiger charge is -2.09. The van der Waals surface area contributed by atoms with Crippen LogP contribution in [-0.2, 0) is 6.54 Å². The molecule has 2 heterocycles. The van der Waals surface area contributed by atoms with Crippen LogP contribution in [0, 0.1) is 0 Å². The van der Waals surface area contributed by atoms with Gasteiger partial charge in [-0.25, -0.2) is 4.98 Å². The van der Waals surface area contributed by atoms with Gasteiger partial charge in [0.25, 0.3) is 0 Å². The molecule has 0 radical (unpaired) electrons. The topological polar surface area (TPSA) is 47.0 Å². The smallest absolute Gasteiger partial charge is 0.213 e. The zero-order valence-electron chi connectivity index (χ0n) is 11.2. The molecule has 0 spiro atoms. The van der Waals surface area contributed by atoms with E-state index in [4.69, 9.17) is 4.74 Å².